The van der Waals surface area contributed by atoms with Gasteiger partial charge in [-0.15, -0.1) is 11.6 Å². The summed E-state index contributed by atoms with van der Waals surface area (Å²) in [5, 5.41) is -0.521. The van der Waals surface area contributed by atoms with Crippen LogP contribution in [0.1, 0.15) is 22.1 Å². The van der Waals surface area contributed by atoms with E-state index in [2.05, 4.69) is 0 Å². The third kappa shape index (κ3) is 3.96. The minimum atomic E-state index is -0.521. The molecule has 0 radical (unpaired) electrons. The summed E-state index contributed by atoms with van der Waals surface area (Å²) in [6.45, 7) is 0.677. The SMILES string of the molecule is COCCc1ccc(C(Cl)c2ccc(OC)cc2F)cc1. The molecule has 0 saturated carbocycles. The molecule has 0 fully saturated rings. The highest BCUT2D eigenvalue weighted by Crippen LogP contribution is 2.32. The second kappa shape index (κ2) is 7.43. The van der Waals surface area contributed by atoms with Gasteiger partial charge in [-0.2, -0.15) is 0 Å². The first-order valence-corrected chi connectivity index (χ1v) is 7.14. The fourth-order valence-electron chi connectivity index (χ4n) is 2.09. The third-order valence-corrected chi connectivity index (χ3v) is 3.83. The van der Waals surface area contributed by atoms with Gasteiger partial charge in [-0.05, 0) is 23.6 Å². The van der Waals surface area contributed by atoms with Crippen molar-refractivity contribution in [3.63, 3.8) is 0 Å². The van der Waals surface area contributed by atoms with Gasteiger partial charge in [-0.1, -0.05) is 30.3 Å². The summed E-state index contributed by atoms with van der Waals surface area (Å²) in [6, 6.07) is 12.5. The smallest absolute Gasteiger partial charge is 0.131 e. The van der Waals surface area contributed by atoms with Gasteiger partial charge < -0.3 is 9.47 Å². The molecule has 2 aromatic carbocycles. The maximum atomic E-state index is 14.0. The fourth-order valence-corrected chi connectivity index (χ4v) is 2.42. The van der Waals surface area contributed by atoms with Crippen LogP contribution in [0.2, 0.25) is 0 Å². The molecule has 2 aromatic rings. The van der Waals surface area contributed by atoms with E-state index < -0.39 is 5.38 Å². The van der Waals surface area contributed by atoms with Crippen molar-refractivity contribution in [2.45, 2.75) is 11.8 Å². The van der Waals surface area contributed by atoms with E-state index in [-0.39, 0.29) is 5.82 Å². The van der Waals surface area contributed by atoms with Crippen LogP contribution in [0.25, 0.3) is 0 Å². The van der Waals surface area contributed by atoms with Crippen LogP contribution in [0, 0.1) is 5.82 Å². The summed E-state index contributed by atoms with van der Waals surface area (Å²) in [5.41, 5.74) is 2.48. The predicted octanol–water partition coefficient (Wildman–Crippen LogP) is 4.35. The first-order chi connectivity index (χ1) is 10.2. The van der Waals surface area contributed by atoms with Gasteiger partial charge in [0.25, 0.3) is 0 Å². The number of alkyl halides is 1. The molecule has 0 saturated heterocycles. The number of methoxy groups -OCH3 is 2. The summed E-state index contributed by atoms with van der Waals surface area (Å²) >= 11 is 6.38. The van der Waals surface area contributed by atoms with Gasteiger partial charge in [0.1, 0.15) is 11.6 Å². The maximum absolute atomic E-state index is 14.0. The number of benzene rings is 2. The molecule has 1 atom stereocenters. The molecule has 112 valence electrons. The van der Waals surface area contributed by atoms with Crippen molar-refractivity contribution in [1.82, 2.24) is 0 Å². The molecular formula is C17H18ClFO2. The molecule has 0 aromatic heterocycles. The Hall–Kier alpha value is -1.58. The lowest BCUT2D eigenvalue weighted by atomic mass is 10.0. The highest BCUT2D eigenvalue weighted by molar-refractivity contribution is 6.22. The van der Waals surface area contributed by atoms with Gasteiger partial charge in [-0.3, -0.25) is 0 Å². The molecular weight excluding hydrogens is 291 g/mol. The van der Waals surface area contributed by atoms with E-state index in [0.29, 0.717) is 17.9 Å². The number of hydrogen-bond acceptors (Lipinski definition) is 2. The summed E-state index contributed by atoms with van der Waals surface area (Å²) in [6.07, 6.45) is 0.848. The van der Waals surface area contributed by atoms with Crippen LogP contribution in [0.3, 0.4) is 0 Å². The molecule has 0 aliphatic carbocycles. The van der Waals surface area contributed by atoms with Crippen LogP contribution in [0.15, 0.2) is 42.5 Å². The van der Waals surface area contributed by atoms with E-state index in [4.69, 9.17) is 21.1 Å². The summed E-state index contributed by atoms with van der Waals surface area (Å²) in [5.74, 6) is 0.118. The van der Waals surface area contributed by atoms with Gasteiger partial charge in [0.05, 0.1) is 19.1 Å². The molecule has 0 amide bonds. The lowest BCUT2D eigenvalue weighted by molar-refractivity contribution is 0.202. The Bertz CT molecular complexity index is 584. The molecule has 1 unspecified atom stereocenters. The van der Waals surface area contributed by atoms with Gasteiger partial charge >= 0.3 is 0 Å². The van der Waals surface area contributed by atoms with Crippen LogP contribution in [0.4, 0.5) is 4.39 Å². The second-order valence-electron chi connectivity index (χ2n) is 4.73. The van der Waals surface area contributed by atoms with Gasteiger partial charge in [0.2, 0.25) is 0 Å². The molecule has 0 bridgehead atoms. The van der Waals surface area contributed by atoms with Crippen molar-refractivity contribution in [2.24, 2.45) is 0 Å². The molecule has 2 rings (SSSR count). The quantitative estimate of drug-likeness (QED) is 0.739. The highest BCUT2D eigenvalue weighted by atomic mass is 35.5. The Morgan fingerprint density at radius 2 is 1.81 bits per heavy atom. The van der Waals surface area contributed by atoms with E-state index in [1.54, 1.807) is 19.2 Å². The highest BCUT2D eigenvalue weighted by Gasteiger charge is 2.15. The Morgan fingerprint density at radius 1 is 1.10 bits per heavy atom. The average molecular weight is 309 g/mol. The van der Waals surface area contributed by atoms with Crippen molar-refractivity contribution >= 4 is 11.6 Å². The van der Waals surface area contributed by atoms with E-state index >= 15 is 0 Å². The minimum Gasteiger partial charge on any atom is -0.497 e. The van der Waals surface area contributed by atoms with Crippen LogP contribution in [-0.4, -0.2) is 20.8 Å². The van der Waals surface area contributed by atoms with Crippen LogP contribution >= 0.6 is 11.6 Å². The molecule has 0 spiro atoms. The normalized spacial score (nSPS) is 12.2. The largest absolute Gasteiger partial charge is 0.497 e. The van der Waals surface area contributed by atoms with E-state index in [1.165, 1.54) is 18.7 Å². The Balaban J connectivity index is 2.17. The van der Waals surface area contributed by atoms with Crippen molar-refractivity contribution in [3.05, 3.63) is 65.0 Å². The predicted molar refractivity (Wildman–Crippen MR) is 82.7 cm³/mol. The van der Waals surface area contributed by atoms with Crippen molar-refractivity contribution in [1.29, 1.82) is 0 Å². The lowest BCUT2D eigenvalue weighted by Gasteiger charge is -2.13. The number of halogens is 2. The standard InChI is InChI=1S/C17H18ClFO2/c1-20-10-9-12-3-5-13(6-4-12)17(18)15-8-7-14(21-2)11-16(15)19/h3-8,11,17H,9-10H2,1-2H3. The molecule has 2 nitrogen and oxygen atoms in total. The maximum Gasteiger partial charge on any atom is 0.131 e. The van der Waals surface area contributed by atoms with Gasteiger partial charge in [0.15, 0.2) is 0 Å². The molecule has 0 heterocycles. The summed E-state index contributed by atoms with van der Waals surface area (Å²) in [4.78, 5) is 0. The van der Waals surface area contributed by atoms with Crippen LogP contribution in [-0.2, 0) is 11.2 Å². The first kappa shape index (κ1) is 15.8. The van der Waals surface area contributed by atoms with Crippen LogP contribution < -0.4 is 4.74 Å². The van der Waals surface area contributed by atoms with Gasteiger partial charge in [-0.25, -0.2) is 4.39 Å². The molecule has 21 heavy (non-hydrogen) atoms. The van der Waals surface area contributed by atoms with Crippen molar-refractivity contribution in [3.8, 4) is 5.75 Å². The zero-order valence-electron chi connectivity index (χ0n) is 12.1. The molecule has 0 aliphatic heterocycles. The fraction of sp³-hybridized carbons (Fsp3) is 0.294. The number of ether oxygens (including phenoxy) is 2. The summed E-state index contributed by atoms with van der Waals surface area (Å²) < 4.78 is 24.1. The number of hydrogen-bond donors (Lipinski definition) is 0. The minimum absolute atomic E-state index is 0.363. The van der Waals surface area contributed by atoms with Crippen molar-refractivity contribution < 1.29 is 13.9 Å². The zero-order valence-corrected chi connectivity index (χ0v) is 12.9. The van der Waals surface area contributed by atoms with E-state index in [0.717, 1.165) is 12.0 Å². The lowest BCUT2D eigenvalue weighted by Crippen LogP contribution is -1.99. The Kier molecular flexibility index (Phi) is 5.59. The topological polar surface area (TPSA) is 18.5 Å². The molecule has 0 N–H and O–H groups in total. The van der Waals surface area contributed by atoms with E-state index in [9.17, 15) is 4.39 Å². The monoisotopic (exact) mass is 308 g/mol. The average Bonchev–Trinajstić information content (AvgIpc) is 2.52. The van der Waals surface area contributed by atoms with Crippen LogP contribution in [0.5, 0.6) is 5.75 Å². The third-order valence-electron chi connectivity index (χ3n) is 3.35. The number of rotatable bonds is 6. The van der Waals surface area contributed by atoms with E-state index in [1.807, 2.05) is 24.3 Å². The molecule has 0 aliphatic rings. The van der Waals surface area contributed by atoms with Gasteiger partial charge in [0, 0.05) is 18.7 Å². The summed E-state index contributed by atoms with van der Waals surface area (Å²) in [7, 11) is 3.18. The Labute approximate surface area is 129 Å². The first-order valence-electron chi connectivity index (χ1n) is 6.71. The Morgan fingerprint density at radius 3 is 2.38 bits per heavy atom. The van der Waals surface area contributed by atoms with Crippen molar-refractivity contribution in [2.75, 3.05) is 20.8 Å². The second-order valence-corrected chi connectivity index (χ2v) is 5.17. The molecule has 4 heteroatoms. The zero-order chi connectivity index (χ0) is 15.2.